The van der Waals surface area contributed by atoms with Crippen LogP contribution in [0.4, 0.5) is 0 Å². The number of carbonyl (C=O) groups is 1. The van der Waals surface area contributed by atoms with Crippen LogP contribution >= 0.6 is 0 Å². The molecule has 1 aliphatic heterocycles. The van der Waals surface area contributed by atoms with Gasteiger partial charge in [0.1, 0.15) is 5.69 Å². The van der Waals surface area contributed by atoms with Gasteiger partial charge < -0.3 is 9.64 Å². The van der Waals surface area contributed by atoms with E-state index in [1.165, 1.54) is 17.7 Å². The first-order valence-electron chi connectivity index (χ1n) is 9.28. The van der Waals surface area contributed by atoms with E-state index in [1.807, 2.05) is 38.1 Å². The van der Waals surface area contributed by atoms with Crippen molar-refractivity contribution >= 4 is 27.0 Å². The molecule has 9 heteroatoms. The summed E-state index contributed by atoms with van der Waals surface area (Å²) in [7, 11) is -1.74. The van der Waals surface area contributed by atoms with E-state index in [9.17, 15) is 13.2 Å². The van der Waals surface area contributed by atoms with E-state index in [-0.39, 0.29) is 24.4 Å². The van der Waals surface area contributed by atoms with Crippen molar-refractivity contribution < 1.29 is 17.9 Å². The van der Waals surface area contributed by atoms with Gasteiger partial charge in [-0.25, -0.2) is 18.4 Å². The minimum absolute atomic E-state index is 0.0236. The Kier molecular flexibility index (Phi) is 5.85. The van der Waals surface area contributed by atoms with Crippen LogP contribution in [0, 0.1) is 0 Å². The van der Waals surface area contributed by atoms with Crippen LogP contribution in [-0.2, 0) is 21.2 Å². The third-order valence-corrected chi connectivity index (χ3v) is 6.69. The zero-order valence-corrected chi connectivity index (χ0v) is 17.4. The Hall–Kier alpha value is -2.26. The number of para-hydroxylation sites is 2. The van der Waals surface area contributed by atoms with Gasteiger partial charge in [-0.05, 0) is 26.0 Å². The van der Waals surface area contributed by atoms with Crippen molar-refractivity contribution in [3.8, 4) is 5.88 Å². The number of rotatable bonds is 5. The lowest BCUT2D eigenvalue weighted by atomic mass is 10.1. The lowest BCUT2D eigenvalue weighted by Gasteiger charge is -2.43. The minimum Gasteiger partial charge on any atom is -0.480 e. The van der Waals surface area contributed by atoms with Gasteiger partial charge in [-0.15, -0.1) is 0 Å². The number of amides is 1. The van der Waals surface area contributed by atoms with Crippen molar-refractivity contribution in [1.29, 1.82) is 0 Å². The molecule has 28 heavy (non-hydrogen) atoms. The molecular formula is C19H26N4O4S. The molecule has 1 amide bonds. The molecule has 0 bridgehead atoms. The molecule has 152 valence electrons. The summed E-state index contributed by atoms with van der Waals surface area (Å²) >= 11 is 0. The Balaban J connectivity index is 1.71. The molecule has 8 nitrogen and oxygen atoms in total. The molecule has 0 unspecified atom stereocenters. The van der Waals surface area contributed by atoms with Crippen molar-refractivity contribution in [1.82, 2.24) is 19.2 Å². The summed E-state index contributed by atoms with van der Waals surface area (Å²) in [4.78, 5) is 23.6. The van der Waals surface area contributed by atoms with E-state index in [1.54, 1.807) is 4.90 Å². The molecule has 0 saturated carbocycles. The molecule has 0 radical (unpaired) electrons. The van der Waals surface area contributed by atoms with Crippen molar-refractivity contribution in [2.45, 2.75) is 38.8 Å². The highest BCUT2D eigenvalue weighted by Crippen LogP contribution is 2.23. The fraction of sp³-hybridized carbons (Fsp3) is 0.526. The van der Waals surface area contributed by atoms with Gasteiger partial charge in [0.05, 0.1) is 24.4 Å². The highest BCUT2D eigenvalue weighted by atomic mass is 32.2. The number of piperazine rings is 1. The van der Waals surface area contributed by atoms with Crippen LogP contribution in [0.1, 0.15) is 26.0 Å². The quantitative estimate of drug-likeness (QED) is 0.746. The van der Waals surface area contributed by atoms with E-state index in [4.69, 9.17) is 4.74 Å². The van der Waals surface area contributed by atoms with Crippen molar-refractivity contribution in [3.05, 3.63) is 30.0 Å². The molecule has 1 aromatic carbocycles. The topological polar surface area (TPSA) is 92.7 Å². The largest absolute Gasteiger partial charge is 0.480 e. The summed E-state index contributed by atoms with van der Waals surface area (Å²) in [6.45, 7) is 4.42. The second kappa shape index (κ2) is 8.00. The van der Waals surface area contributed by atoms with E-state index in [2.05, 4.69) is 9.97 Å². The Morgan fingerprint density at radius 3 is 2.39 bits per heavy atom. The number of methoxy groups -OCH3 is 1. The molecule has 2 aromatic rings. The van der Waals surface area contributed by atoms with Crippen molar-refractivity contribution in [3.63, 3.8) is 0 Å². The SMILES string of the molecule is COc1nc2ccccc2nc1CCC(=O)N1CCN(S(C)(=O)=O)[C@H](C)[C@H]1C. The molecule has 0 N–H and O–H groups in total. The summed E-state index contributed by atoms with van der Waals surface area (Å²) in [6, 6.07) is 7.07. The first-order chi connectivity index (χ1) is 13.2. The number of fused-ring (bicyclic) bond motifs is 1. The number of hydrogen-bond acceptors (Lipinski definition) is 6. The maximum atomic E-state index is 12.8. The van der Waals surface area contributed by atoms with Crippen LogP contribution < -0.4 is 4.74 Å². The lowest BCUT2D eigenvalue weighted by Crippen LogP contribution is -2.60. The minimum atomic E-state index is -3.28. The number of aromatic nitrogens is 2. The molecule has 0 aliphatic carbocycles. The van der Waals surface area contributed by atoms with Gasteiger partial charge in [0.25, 0.3) is 0 Å². The number of carbonyl (C=O) groups excluding carboxylic acids is 1. The average Bonchev–Trinajstić information content (AvgIpc) is 2.66. The predicted molar refractivity (Wildman–Crippen MR) is 107 cm³/mol. The summed E-state index contributed by atoms with van der Waals surface area (Å²) in [6.07, 6.45) is 1.88. The van der Waals surface area contributed by atoms with Crippen LogP contribution in [0.15, 0.2) is 24.3 Å². The van der Waals surface area contributed by atoms with Crippen LogP contribution in [0.5, 0.6) is 5.88 Å². The van der Waals surface area contributed by atoms with Gasteiger partial charge in [0.2, 0.25) is 21.8 Å². The second-order valence-electron chi connectivity index (χ2n) is 7.11. The average molecular weight is 407 g/mol. The standard InChI is InChI=1S/C19H26N4O4S/c1-13-14(2)23(28(4,25)26)12-11-22(13)18(24)10-9-17-19(27-3)21-16-8-6-5-7-15(16)20-17/h5-8,13-14H,9-12H2,1-4H3/t13-,14-/m1/s1. The van der Waals surface area contributed by atoms with E-state index in [0.717, 1.165) is 11.0 Å². The smallest absolute Gasteiger partial charge is 0.235 e. The van der Waals surface area contributed by atoms with Gasteiger partial charge in [-0.1, -0.05) is 12.1 Å². The number of aryl methyl sites for hydroxylation is 1. The third-order valence-electron chi connectivity index (χ3n) is 5.33. The third kappa shape index (κ3) is 4.10. The van der Waals surface area contributed by atoms with E-state index >= 15 is 0 Å². The second-order valence-corrected chi connectivity index (χ2v) is 9.05. The monoisotopic (exact) mass is 406 g/mol. The number of hydrogen-bond donors (Lipinski definition) is 0. The molecule has 1 aliphatic rings. The van der Waals surface area contributed by atoms with Gasteiger partial charge in [-0.2, -0.15) is 4.31 Å². The first kappa shape index (κ1) is 20.5. The van der Waals surface area contributed by atoms with Crippen LogP contribution in [0.2, 0.25) is 0 Å². The van der Waals surface area contributed by atoms with Crippen molar-refractivity contribution in [2.75, 3.05) is 26.5 Å². The molecular weight excluding hydrogens is 380 g/mol. The van der Waals surface area contributed by atoms with E-state index in [0.29, 0.717) is 31.1 Å². The van der Waals surface area contributed by atoms with Gasteiger partial charge in [-0.3, -0.25) is 4.79 Å². The molecule has 1 aromatic heterocycles. The highest BCUT2D eigenvalue weighted by molar-refractivity contribution is 7.88. The van der Waals surface area contributed by atoms with Crippen LogP contribution in [0.25, 0.3) is 11.0 Å². The fourth-order valence-electron chi connectivity index (χ4n) is 3.65. The normalized spacial score (nSPS) is 21.1. The fourth-order valence-corrected chi connectivity index (χ4v) is 4.84. The van der Waals surface area contributed by atoms with Crippen molar-refractivity contribution in [2.24, 2.45) is 0 Å². The molecule has 2 atom stereocenters. The summed E-state index contributed by atoms with van der Waals surface area (Å²) in [5.41, 5.74) is 2.15. The lowest BCUT2D eigenvalue weighted by molar-refractivity contribution is -0.136. The van der Waals surface area contributed by atoms with Crippen LogP contribution in [0.3, 0.4) is 0 Å². The first-order valence-corrected chi connectivity index (χ1v) is 11.1. The summed E-state index contributed by atoms with van der Waals surface area (Å²) in [5, 5.41) is 0. The predicted octanol–water partition coefficient (Wildman–Crippen LogP) is 1.45. The number of nitrogens with zero attached hydrogens (tertiary/aromatic N) is 4. The molecule has 1 fully saturated rings. The van der Waals surface area contributed by atoms with Gasteiger partial charge in [0.15, 0.2) is 0 Å². The Labute approximate surface area is 165 Å². The number of benzene rings is 1. The maximum Gasteiger partial charge on any atom is 0.235 e. The van der Waals surface area contributed by atoms with Gasteiger partial charge >= 0.3 is 0 Å². The summed E-state index contributed by atoms with van der Waals surface area (Å²) < 4.78 is 30.6. The zero-order chi connectivity index (χ0) is 20.5. The number of sulfonamides is 1. The van der Waals surface area contributed by atoms with Crippen LogP contribution in [-0.4, -0.2) is 72.0 Å². The number of ether oxygens (including phenoxy) is 1. The highest BCUT2D eigenvalue weighted by Gasteiger charge is 2.37. The Morgan fingerprint density at radius 2 is 1.79 bits per heavy atom. The Morgan fingerprint density at radius 1 is 1.14 bits per heavy atom. The van der Waals surface area contributed by atoms with Gasteiger partial charge in [0, 0.05) is 38.0 Å². The molecule has 1 saturated heterocycles. The zero-order valence-electron chi connectivity index (χ0n) is 16.6. The molecule has 2 heterocycles. The summed E-state index contributed by atoms with van der Waals surface area (Å²) in [5.74, 6) is 0.402. The van der Waals surface area contributed by atoms with E-state index < -0.39 is 10.0 Å². The Bertz CT molecular complexity index is 979. The maximum absolute atomic E-state index is 12.8. The molecule has 3 rings (SSSR count). The molecule has 0 spiro atoms.